The first-order valence-corrected chi connectivity index (χ1v) is 7.84. The summed E-state index contributed by atoms with van der Waals surface area (Å²) in [6, 6.07) is 3.04. The molecule has 0 bridgehead atoms. The molecule has 1 rings (SSSR count). The van der Waals surface area contributed by atoms with Gasteiger partial charge in [0.2, 0.25) is 10.0 Å². The van der Waals surface area contributed by atoms with Crippen LogP contribution in [0.2, 0.25) is 0 Å². The van der Waals surface area contributed by atoms with E-state index in [9.17, 15) is 21.6 Å². The zero-order valence-corrected chi connectivity index (χ0v) is 12.6. The van der Waals surface area contributed by atoms with Crippen LogP contribution in [-0.2, 0) is 16.2 Å². The molecule has 0 fully saturated rings. The second-order valence-electron chi connectivity index (χ2n) is 4.81. The summed E-state index contributed by atoms with van der Waals surface area (Å²) in [6.45, 7) is 3.28. The number of hydrogen-bond acceptors (Lipinski definition) is 3. The van der Waals surface area contributed by atoms with Crippen molar-refractivity contribution < 1.29 is 26.7 Å². The maximum Gasteiger partial charge on any atom is 0.416 e. The number of benzene rings is 1. The Bertz CT molecular complexity index is 553. The highest BCUT2D eigenvalue weighted by Crippen LogP contribution is 2.30. The minimum absolute atomic E-state index is 0.109. The highest BCUT2D eigenvalue weighted by atomic mass is 32.2. The Morgan fingerprint density at radius 1 is 1.19 bits per heavy atom. The summed E-state index contributed by atoms with van der Waals surface area (Å²) in [5.41, 5.74) is -0.895. The first kappa shape index (κ1) is 17.9. The lowest BCUT2D eigenvalue weighted by Crippen LogP contribution is -2.38. The van der Waals surface area contributed by atoms with Crippen LogP contribution >= 0.6 is 0 Å². The molecule has 0 heterocycles. The number of alkyl halides is 3. The van der Waals surface area contributed by atoms with E-state index in [2.05, 4.69) is 0 Å². The molecule has 0 unspecified atom stereocenters. The van der Waals surface area contributed by atoms with Crippen LogP contribution in [0.5, 0.6) is 0 Å². The fraction of sp³-hybridized carbons (Fsp3) is 0.538. The second-order valence-corrected chi connectivity index (χ2v) is 6.70. The van der Waals surface area contributed by atoms with E-state index in [1.165, 1.54) is 0 Å². The lowest BCUT2D eigenvalue weighted by molar-refractivity contribution is -0.137. The largest absolute Gasteiger partial charge is 0.416 e. The third-order valence-electron chi connectivity index (χ3n) is 2.90. The lowest BCUT2D eigenvalue weighted by Gasteiger charge is -2.25. The summed E-state index contributed by atoms with van der Waals surface area (Å²) >= 11 is 0. The average molecular weight is 325 g/mol. The highest BCUT2D eigenvalue weighted by molar-refractivity contribution is 7.89. The Kier molecular flexibility index (Phi) is 5.77. The number of sulfonamides is 1. The Morgan fingerprint density at radius 3 is 2.10 bits per heavy atom. The van der Waals surface area contributed by atoms with Crippen LogP contribution in [-0.4, -0.2) is 37.0 Å². The second kappa shape index (κ2) is 6.76. The standard InChI is InChI=1S/C13H18F3NO3S/c1-10(2)17(8-3-9-18)21(19,20)12-6-4-11(5-7-12)13(14,15)16/h4-7,10,18H,3,8-9H2,1-2H3. The van der Waals surface area contributed by atoms with Crippen molar-refractivity contribution in [3.8, 4) is 0 Å². The SMILES string of the molecule is CC(C)N(CCCO)S(=O)(=O)c1ccc(C(F)(F)F)cc1. The normalized spacial score (nSPS) is 13.1. The molecule has 0 saturated carbocycles. The van der Waals surface area contributed by atoms with Crippen molar-refractivity contribution in [3.63, 3.8) is 0 Å². The number of rotatable bonds is 6. The van der Waals surface area contributed by atoms with Crippen molar-refractivity contribution in [3.05, 3.63) is 29.8 Å². The van der Waals surface area contributed by atoms with Gasteiger partial charge in [-0.25, -0.2) is 8.42 Å². The van der Waals surface area contributed by atoms with Gasteiger partial charge < -0.3 is 5.11 Å². The molecule has 0 radical (unpaired) electrons. The van der Waals surface area contributed by atoms with Gasteiger partial charge in [-0.2, -0.15) is 17.5 Å². The molecular formula is C13H18F3NO3S. The van der Waals surface area contributed by atoms with Crippen molar-refractivity contribution in [2.24, 2.45) is 0 Å². The fourth-order valence-electron chi connectivity index (χ4n) is 1.83. The van der Waals surface area contributed by atoms with Crippen molar-refractivity contribution in [2.45, 2.75) is 37.4 Å². The van der Waals surface area contributed by atoms with Gasteiger partial charge in [-0.05, 0) is 44.5 Å². The minimum Gasteiger partial charge on any atom is -0.396 e. The molecule has 1 N–H and O–H groups in total. The molecule has 0 amide bonds. The van der Waals surface area contributed by atoms with E-state index >= 15 is 0 Å². The summed E-state index contributed by atoms with van der Waals surface area (Å²) in [4.78, 5) is -0.192. The molecule has 0 aliphatic carbocycles. The van der Waals surface area contributed by atoms with Crippen LogP contribution in [0, 0.1) is 0 Å². The molecule has 0 aliphatic heterocycles. The van der Waals surface area contributed by atoms with E-state index in [0.717, 1.165) is 28.6 Å². The third kappa shape index (κ3) is 4.42. The van der Waals surface area contributed by atoms with Gasteiger partial charge in [0.1, 0.15) is 0 Å². The molecule has 0 aliphatic rings. The van der Waals surface area contributed by atoms with Gasteiger partial charge in [0, 0.05) is 19.2 Å². The molecule has 120 valence electrons. The molecule has 0 saturated heterocycles. The maximum absolute atomic E-state index is 12.5. The Morgan fingerprint density at radius 2 is 1.71 bits per heavy atom. The first-order chi connectivity index (χ1) is 9.60. The Hall–Kier alpha value is -1.12. The van der Waals surface area contributed by atoms with Gasteiger partial charge in [-0.15, -0.1) is 0 Å². The number of aliphatic hydroxyl groups is 1. The zero-order valence-electron chi connectivity index (χ0n) is 11.8. The topological polar surface area (TPSA) is 57.6 Å². The summed E-state index contributed by atoms with van der Waals surface area (Å²) in [5.74, 6) is 0. The first-order valence-electron chi connectivity index (χ1n) is 6.40. The number of nitrogens with zero attached hydrogens (tertiary/aromatic N) is 1. The van der Waals surface area contributed by atoms with Gasteiger partial charge in [0.15, 0.2) is 0 Å². The van der Waals surface area contributed by atoms with Crippen molar-refractivity contribution >= 4 is 10.0 Å². The number of halogens is 3. The quantitative estimate of drug-likeness (QED) is 0.874. The van der Waals surface area contributed by atoms with Crippen LogP contribution in [0.4, 0.5) is 13.2 Å². The molecule has 0 spiro atoms. The van der Waals surface area contributed by atoms with E-state index in [1.807, 2.05) is 0 Å². The molecule has 0 aromatic heterocycles. The third-order valence-corrected chi connectivity index (χ3v) is 4.99. The number of aliphatic hydroxyl groups excluding tert-OH is 1. The molecule has 1 aromatic rings. The molecule has 21 heavy (non-hydrogen) atoms. The predicted molar refractivity (Wildman–Crippen MR) is 72.2 cm³/mol. The summed E-state index contributed by atoms with van der Waals surface area (Å²) in [6.07, 6.45) is -4.24. The van der Waals surface area contributed by atoms with Gasteiger partial charge in [-0.3, -0.25) is 0 Å². The monoisotopic (exact) mass is 325 g/mol. The van der Waals surface area contributed by atoms with E-state index in [4.69, 9.17) is 5.11 Å². The van der Waals surface area contributed by atoms with E-state index < -0.39 is 21.8 Å². The fourth-order valence-corrected chi connectivity index (χ4v) is 3.51. The molecule has 8 heteroatoms. The van der Waals surface area contributed by atoms with Crippen LogP contribution in [0.1, 0.15) is 25.8 Å². The zero-order chi connectivity index (χ0) is 16.3. The lowest BCUT2D eigenvalue weighted by atomic mass is 10.2. The summed E-state index contributed by atoms with van der Waals surface area (Å²) in [5, 5.41) is 8.81. The van der Waals surface area contributed by atoms with Crippen molar-refractivity contribution in [1.29, 1.82) is 0 Å². The predicted octanol–water partition coefficient (Wildman–Crippen LogP) is 2.49. The van der Waals surface area contributed by atoms with E-state index in [-0.39, 0.29) is 30.5 Å². The van der Waals surface area contributed by atoms with Gasteiger partial charge in [-0.1, -0.05) is 0 Å². The van der Waals surface area contributed by atoms with Gasteiger partial charge >= 0.3 is 6.18 Å². The van der Waals surface area contributed by atoms with Crippen LogP contribution in [0.15, 0.2) is 29.2 Å². The highest BCUT2D eigenvalue weighted by Gasteiger charge is 2.32. The Balaban J connectivity index is 3.11. The molecule has 0 atom stereocenters. The van der Waals surface area contributed by atoms with Crippen LogP contribution in [0.3, 0.4) is 0 Å². The van der Waals surface area contributed by atoms with E-state index in [0.29, 0.717) is 0 Å². The molecule has 1 aromatic carbocycles. The average Bonchev–Trinajstić information content (AvgIpc) is 2.37. The molecular weight excluding hydrogens is 307 g/mol. The van der Waals surface area contributed by atoms with Gasteiger partial charge in [0.05, 0.1) is 10.5 Å². The number of hydrogen-bond donors (Lipinski definition) is 1. The molecule has 4 nitrogen and oxygen atoms in total. The smallest absolute Gasteiger partial charge is 0.396 e. The summed E-state index contributed by atoms with van der Waals surface area (Å²) < 4.78 is 63.4. The van der Waals surface area contributed by atoms with Crippen molar-refractivity contribution in [2.75, 3.05) is 13.2 Å². The van der Waals surface area contributed by atoms with Crippen molar-refractivity contribution in [1.82, 2.24) is 4.31 Å². The van der Waals surface area contributed by atoms with Crippen LogP contribution < -0.4 is 0 Å². The van der Waals surface area contributed by atoms with E-state index in [1.54, 1.807) is 13.8 Å². The van der Waals surface area contributed by atoms with Crippen LogP contribution in [0.25, 0.3) is 0 Å². The van der Waals surface area contributed by atoms with Gasteiger partial charge in [0.25, 0.3) is 0 Å². The Labute approximate surface area is 122 Å². The summed E-state index contributed by atoms with van der Waals surface area (Å²) in [7, 11) is -3.88. The maximum atomic E-state index is 12.5. The minimum atomic E-state index is -4.50.